The molecular formula is C11H13BrN4O2S. The molecule has 0 radical (unpaired) electrons. The van der Waals surface area contributed by atoms with E-state index in [0.29, 0.717) is 17.1 Å². The molecule has 0 fully saturated rings. The van der Waals surface area contributed by atoms with Gasteiger partial charge in [-0.25, -0.2) is 8.42 Å². The summed E-state index contributed by atoms with van der Waals surface area (Å²) >= 11 is 3.30. The third-order valence-corrected chi connectivity index (χ3v) is 4.56. The van der Waals surface area contributed by atoms with Gasteiger partial charge in [-0.05, 0) is 31.5 Å². The molecule has 0 unspecified atom stereocenters. The van der Waals surface area contributed by atoms with Crippen LogP contribution in [0.1, 0.15) is 11.3 Å². The van der Waals surface area contributed by atoms with E-state index in [0.717, 1.165) is 10.0 Å². The van der Waals surface area contributed by atoms with Gasteiger partial charge in [-0.2, -0.15) is 5.10 Å². The summed E-state index contributed by atoms with van der Waals surface area (Å²) in [6.45, 7) is 3.42. The number of nitrogens with two attached hydrogens (primary N) is 1. The van der Waals surface area contributed by atoms with Crippen LogP contribution in [0, 0.1) is 13.8 Å². The Bertz CT molecular complexity index is 701. The second-order valence-electron chi connectivity index (χ2n) is 4.15. The standard InChI is InChI=1S/C11H13BrN4O2S/c1-6-3-8(12)4-9(13)11(6)16-19(17,18)10-5-14-15-7(10)2/h3-5,16H,13H2,1-2H3,(H,14,15). The second-order valence-corrected chi connectivity index (χ2v) is 6.72. The zero-order valence-electron chi connectivity index (χ0n) is 10.4. The molecule has 1 aromatic heterocycles. The monoisotopic (exact) mass is 344 g/mol. The van der Waals surface area contributed by atoms with E-state index in [4.69, 9.17) is 5.73 Å². The lowest BCUT2D eigenvalue weighted by atomic mass is 10.2. The smallest absolute Gasteiger partial charge is 0.265 e. The number of anilines is 2. The number of H-pyrrole nitrogens is 1. The van der Waals surface area contributed by atoms with Crippen molar-refractivity contribution in [1.29, 1.82) is 0 Å². The average Bonchev–Trinajstić information content (AvgIpc) is 2.70. The third kappa shape index (κ3) is 2.74. The molecule has 1 aromatic carbocycles. The van der Waals surface area contributed by atoms with Crippen LogP contribution in [-0.4, -0.2) is 18.6 Å². The molecule has 102 valence electrons. The van der Waals surface area contributed by atoms with Crippen molar-refractivity contribution < 1.29 is 8.42 Å². The van der Waals surface area contributed by atoms with Gasteiger partial charge in [0.15, 0.2) is 0 Å². The van der Waals surface area contributed by atoms with Gasteiger partial charge in [0, 0.05) is 4.47 Å². The summed E-state index contributed by atoms with van der Waals surface area (Å²) in [5.74, 6) is 0. The number of aromatic amines is 1. The number of nitrogen functional groups attached to an aromatic ring is 1. The molecule has 2 rings (SSSR count). The van der Waals surface area contributed by atoms with E-state index < -0.39 is 10.0 Å². The zero-order chi connectivity index (χ0) is 14.2. The summed E-state index contributed by atoms with van der Waals surface area (Å²) in [4.78, 5) is 0.106. The molecule has 0 bridgehead atoms. The lowest BCUT2D eigenvalue weighted by Crippen LogP contribution is -2.15. The van der Waals surface area contributed by atoms with Crippen molar-refractivity contribution in [2.75, 3.05) is 10.5 Å². The second kappa shape index (κ2) is 4.86. The van der Waals surface area contributed by atoms with Gasteiger partial charge in [0.25, 0.3) is 10.0 Å². The minimum absolute atomic E-state index is 0.106. The lowest BCUT2D eigenvalue weighted by molar-refractivity contribution is 0.600. The molecule has 0 saturated carbocycles. The quantitative estimate of drug-likeness (QED) is 0.742. The molecule has 0 saturated heterocycles. The van der Waals surface area contributed by atoms with E-state index in [1.54, 1.807) is 26.0 Å². The molecule has 0 atom stereocenters. The summed E-state index contributed by atoms with van der Waals surface area (Å²) in [6, 6.07) is 3.43. The van der Waals surface area contributed by atoms with Crippen LogP contribution in [0.4, 0.5) is 11.4 Å². The van der Waals surface area contributed by atoms with Crippen molar-refractivity contribution in [2.24, 2.45) is 0 Å². The zero-order valence-corrected chi connectivity index (χ0v) is 12.8. The highest BCUT2D eigenvalue weighted by atomic mass is 79.9. The number of rotatable bonds is 3. The minimum Gasteiger partial charge on any atom is -0.397 e. The molecule has 2 aromatic rings. The van der Waals surface area contributed by atoms with Crippen LogP contribution in [0.15, 0.2) is 27.7 Å². The molecule has 6 nitrogen and oxygen atoms in total. The third-order valence-electron chi connectivity index (χ3n) is 2.64. The largest absolute Gasteiger partial charge is 0.397 e. The van der Waals surface area contributed by atoms with Crippen LogP contribution < -0.4 is 10.5 Å². The first kappa shape index (κ1) is 13.9. The first-order chi connectivity index (χ1) is 8.81. The van der Waals surface area contributed by atoms with Gasteiger partial charge in [0.1, 0.15) is 4.90 Å². The van der Waals surface area contributed by atoms with E-state index in [9.17, 15) is 8.42 Å². The number of hydrogen-bond acceptors (Lipinski definition) is 4. The predicted molar refractivity (Wildman–Crippen MR) is 77.4 cm³/mol. The maximum atomic E-state index is 12.2. The molecule has 8 heteroatoms. The molecule has 0 aliphatic carbocycles. The Morgan fingerprint density at radius 2 is 2.05 bits per heavy atom. The fraction of sp³-hybridized carbons (Fsp3) is 0.182. The van der Waals surface area contributed by atoms with Crippen molar-refractivity contribution >= 4 is 37.3 Å². The summed E-state index contributed by atoms with van der Waals surface area (Å²) in [5.41, 5.74) is 7.78. The van der Waals surface area contributed by atoms with Crippen LogP contribution in [0.2, 0.25) is 0 Å². The Morgan fingerprint density at radius 1 is 1.37 bits per heavy atom. The first-order valence-corrected chi connectivity index (χ1v) is 7.67. The average molecular weight is 345 g/mol. The number of benzene rings is 1. The van der Waals surface area contributed by atoms with Gasteiger partial charge < -0.3 is 5.73 Å². The highest BCUT2D eigenvalue weighted by Crippen LogP contribution is 2.30. The van der Waals surface area contributed by atoms with Crippen LogP contribution in [-0.2, 0) is 10.0 Å². The van der Waals surface area contributed by atoms with E-state index >= 15 is 0 Å². The van der Waals surface area contributed by atoms with Gasteiger partial charge in [-0.15, -0.1) is 0 Å². The Labute approximate surface area is 119 Å². The Kier molecular flexibility index (Phi) is 3.55. The number of sulfonamides is 1. The van der Waals surface area contributed by atoms with Crippen LogP contribution in [0.3, 0.4) is 0 Å². The molecule has 1 heterocycles. The van der Waals surface area contributed by atoms with E-state index in [1.807, 2.05) is 0 Å². The summed E-state index contributed by atoms with van der Waals surface area (Å²) in [5, 5.41) is 6.30. The SMILES string of the molecule is Cc1cc(Br)cc(N)c1NS(=O)(=O)c1cn[nH]c1C. The molecule has 4 N–H and O–H groups in total. The van der Waals surface area contributed by atoms with Gasteiger partial charge in [0.05, 0.1) is 23.3 Å². The van der Waals surface area contributed by atoms with Crippen LogP contribution >= 0.6 is 15.9 Å². The Morgan fingerprint density at radius 3 is 2.58 bits per heavy atom. The highest BCUT2D eigenvalue weighted by Gasteiger charge is 2.20. The van der Waals surface area contributed by atoms with Crippen molar-refractivity contribution in [3.8, 4) is 0 Å². The molecular weight excluding hydrogens is 332 g/mol. The van der Waals surface area contributed by atoms with Crippen molar-refractivity contribution in [3.05, 3.63) is 34.1 Å². The number of nitrogens with zero attached hydrogens (tertiary/aromatic N) is 1. The number of halogens is 1. The van der Waals surface area contributed by atoms with Crippen LogP contribution in [0.25, 0.3) is 0 Å². The van der Waals surface area contributed by atoms with E-state index in [1.165, 1.54) is 6.20 Å². The maximum absolute atomic E-state index is 12.2. The minimum atomic E-state index is -3.70. The molecule has 0 spiro atoms. The first-order valence-electron chi connectivity index (χ1n) is 5.39. The highest BCUT2D eigenvalue weighted by molar-refractivity contribution is 9.10. The van der Waals surface area contributed by atoms with Gasteiger partial charge in [0.2, 0.25) is 0 Å². The topological polar surface area (TPSA) is 101 Å². The number of nitrogens with one attached hydrogen (secondary N) is 2. The number of hydrogen-bond donors (Lipinski definition) is 3. The lowest BCUT2D eigenvalue weighted by Gasteiger charge is -2.13. The summed E-state index contributed by atoms with van der Waals surface area (Å²) in [7, 11) is -3.70. The normalized spacial score (nSPS) is 11.5. The summed E-state index contributed by atoms with van der Waals surface area (Å²) < 4.78 is 27.8. The molecule has 0 aliphatic heterocycles. The fourth-order valence-electron chi connectivity index (χ4n) is 1.71. The number of aromatic nitrogens is 2. The summed E-state index contributed by atoms with van der Waals surface area (Å²) in [6.07, 6.45) is 1.27. The van der Waals surface area contributed by atoms with E-state index in [2.05, 4.69) is 30.8 Å². The van der Waals surface area contributed by atoms with Gasteiger partial charge in [-0.3, -0.25) is 9.82 Å². The van der Waals surface area contributed by atoms with Crippen molar-refractivity contribution in [1.82, 2.24) is 10.2 Å². The Hall–Kier alpha value is -1.54. The van der Waals surface area contributed by atoms with Crippen molar-refractivity contribution in [2.45, 2.75) is 18.7 Å². The van der Waals surface area contributed by atoms with Crippen LogP contribution in [0.5, 0.6) is 0 Å². The maximum Gasteiger partial charge on any atom is 0.265 e. The van der Waals surface area contributed by atoms with Crippen molar-refractivity contribution in [3.63, 3.8) is 0 Å². The number of aryl methyl sites for hydroxylation is 2. The fourth-order valence-corrected chi connectivity index (χ4v) is 3.60. The Balaban J connectivity index is 2.45. The predicted octanol–water partition coefficient (Wildman–Crippen LogP) is 2.17. The van der Waals surface area contributed by atoms with Gasteiger partial charge >= 0.3 is 0 Å². The van der Waals surface area contributed by atoms with E-state index in [-0.39, 0.29) is 4.90 Å². The molecule has 0 amide bonds. The molecule has 0 aliphatic rings. The molecule has 19 heavy (non-hydrogen) atoms. The van der Waals surface area contributed by atoms with Gasteiger partial charge in [-0.1, -0.05) is 15.9 Å².